The van der Waals surface area contributed by atoms with Crippen LogP contribution >= 0.6 is 0 Å². The van der Waals surface area contributed by atoms with Gasteiger partial charge in [-0.15, -0.1) is 0 Å². The van der Waals surface area contributed by atoms with Crippen molar-refractivity contribution in [1.82, 2.24) is 19.6 Å². The molecule has 2 aliphatic carbocycles. The van der Waals surface area contributed by atoms with Crippen molar-refractivity contribution in [1.29, 1.82) is 0 Å². The third kappa shape index (κ3) is 4.11. The monoisotopic (exact) mass is 456 g/mol. The van der Waals surface area contributed by atoms with E-state index in [-0.39, 0.29) is 5.82 Å². The molecule has 2 fully saturated rings. The predicted octanol–water partition coefficient (Wildman–Crippen LogP) is 6.31. The van der Waals surface area contributed by atoms with Crippen LogP contribution < -0.4 is 10.6 Å². The molecule has 34 heavy (non-hydrogen) atoms. The number of nitrogens with zero attached hydrogens (tertiary/aromatic N) is 4. The van der Waals surface area contributed by atoms with Crippen molar-refractivity contribution in [3.63, 3.8) is 0 Å². The van der Waals surface area contributed by atoms with Crippen LogP contribution in [0, 0.1) is 5.82 Å². The highest BCUT2D eigenvalue weighted by Crippen LogP contribution is 2.36. The van der Waals surface area contributed by atoms with Gasteiger partial charge >= 0.3 is 0 Å². The van der Waals surface area contributed by atoms with E-state index in [1.54, 1.807) is 12.3 Å². The third-order valence-corrected chi connectivity index (χ3v) is 7.06. The molecule has 6 rings (SSSR count). The number of anilines is 2. The Bertz CT molecular complexity index is 1300. The Balaban J connectivity index is 1.48. The van der Waals surface area contributed by atoms with Gasteiger partial charge in [0.05, 0.1) is 16.8 Å². The first-order valence-electron chi connectivity index (χ1n) is 12.4. The summed E-state index contributed by atoms with van der Waals surface area (Å²) in [7, 11) is 0. The average Bonchev–Trinajstić information content (AvgIpc) is 3.61. The summed E-state index contributed by atoms with van der Waals surface area (Å²) in [4.78, 5) is 9.35. The van der Waals surface area contributed by atoms with Crippen LogP contribution in [0.15, 0.2) is 54.7 Å². The molecule has 174 valence electrons. The van der Waals surface area contributed by atoms with E-state index in [4.69, 9.17) is 10.1 Å². The largest absolute Gasteiger partial charge is 0.367 e. The maximum Gasteiger partial charge on any atom is 0.223 e. The van der Waals surface area contributed by atoms with E-state index >= 15 is 0 Å². The van der Waals surface area contributed by atoms with Crippen molar-refractivity contribution in [2.75, 3.05) is 10.6 Å². The molecule has 7 heteroatoms. The first-order valence-corrected chi connectivity index (χ1v) is 12.4. The number of aromatic nitrogens is 4. The van der Waals surface area contributed by atoms with Gasteiger partial charge in [-0.05, 0) is 56.0 Å². The second kappa shape index (κ2) is 9.05. The van der Waals surface area contributed by atoms with Crippen molar-refractivity contribution in [2.45, 2.75) is 63.5 Å². The Hall–Kier alpha value is -3.48. The van der Waals surface area contributed by atoms with E-state index in [1.807, 2.05) is 22.7 Å². The molecule has 2 aliphatic rings. The van der Waals surface area contributed by atoms with E-state index in [0.29, 0.717) is 23.7 Å². The lowest BCUT2D eigenvalue weighted by Crippen LogP contribution is -2.17. The number of pyridine rings is 1. The van der Waals surface area contributed by atoms with E-state index in [0.717, 1.165) is 41.0 Å². The van der Waals surface area contributed by atoms with E-state index in [1.165, 1.54) is 50.7 Å². The summed E-state index contributed by atoms with van der Waals surface area (Å²) < 4.78 is 16.1. The van der Waals surface area contributed by atoms with Gasteiger partial charge in [-0.1, -0.05) is 43.9 Å². The zero-order valence-corrected chi connectivity index (χ0v) is 19.2. The topological polar surface area (TPSA) is 67.1 Å². The van der Waals surface area contributed by atoms with E-state index in [9.17, 15) is 4.39 Å². The Morgan fingerprint density at radius 1 is 0.853 bits per heavy atom. The van der Waals surface area contributed by atoms with Crippen LogP contribution in [0.4, 0.5) is 16.2 Å². The second-order valence-electron chi connectivity index (χ2n) is 9.46. The third-order valence-electron chi connectivity index (χ3n) is 7.06. The molecule has 0 atom stereocenters. The smallest absolute Gasteiger partial charge is 0.223 e. The average molecular weight is 457 g/mol. The number of benzene rings is 1. The highest BCUT2D eigenvalue weighted by Gasteiger charge is 2.22. The predicted molar refractivity (Wildman–Crippen MR) is 133 cm³/mol. The van der Waals surface area contributed by atoms with Gasteiger partial charge in [-0.3, -0.25) is 0 Å². The summed E-state index contributed by atoms with van der Waals surface area (Å²) in [5.74, 6) is 1.30. The molecule has 2 saturated carbocycles. The highest BCUT2D eigenvalue weighted by atomic mass is 19.1. The molecule has 0 spiro atoms. The molecule has 0 radical (unpaired) electrons. The van der Waals surface area contributed by atoms with Gasteiger partial charge in [-0.2, -0.15) is 5.10 Å². The number of hydrogen-bond acceptors (Lipinski definition) is 5. The fraction of sp³-hybridized carbons (Fsp3) is 0.370. The van der Waals surface area contributed by atoms with Crippen LogP contribution in [0.25, 0.3) is 28.0 Å². The van der Waals surface area contributed by atoms with E-state index < -0.39 is 0 Å². The maximum atomic E-state index is 14.2. The van der Waals surface area contributed by atoms with Crippen LogP contribution in [-0.2, 0) is 0 Å². The number of fused-ring (bicyclic) bond motifs is 1. The van der Waals surface area contributed by atoms with Gasteiger partial charge in [0, 0.05) is 23.8 Å². The molecule has 0 bridgehead atoms. The molecular formula is C27H29FN6. The fourth-order valence-electron chi connectivity index (χ4n) is 5.37. The molecule has 4 aromatic rings. The van der Waals surface area contributed by atoms with Crippen molar-refractivity contribution in [2.24, 2.45) is 0 Å². The van der Waals surface area contributed by atoms with Gasteiger partial charge in [-0.25, -0.2) is 18.9 Å². The van der Waals surface area contributed by atoms with Crippen molar-refractivity contribution in [3.8, 4) is 22.5 Å². The van der Waals surface area contributed by atoms with Crippen molar-refractivity contribution < 1.29 is 4.39 Å². The Kier molecular flexibility index (Phi) is 5.61. The zero-order valence-electron chi connectivity index (χ0n) is 19.2. The molecule has 3 aromatic heterocycles. The van der Waals surface area contributed by atoms with Crippen molar-refractivity contribution >= 4 is 17.3 Å². The standard InChI is InChI=1S/C27H29FN6/c28-19-8-5-7-18(17-19)26-25(22-15-16-29-27(32-22)31-21-11-3-4-12-21)23-13-6-14-24(34(23)33-26)30-20-9-1-2-10-20/h5-8,13-17,20-21,30H,1-4,9-12H2,(H,29,31,32). The number of halogens is 1. The number of rotatable bonds is 6. The summed E-state index contributed by atoms with van der Waals surface area (Å²) in [5.41, 5.74) is 4.05. The molecule has 2 N–H and O–H groups in total. The summed E-state index contributed by atoms with van der Waals surface area (Å²) in [6.45, 7) is 0. The van der Waals surface area contributed by atoms with Crippen LogP contribution in [0.3, 0.4) is 0 Å². The molecule has 3 heterocycles. The Labute approximate surface area is 198 Å². The van der Waals surface area contributed by atoms with Gasteiger partial charge in [0.15, 0.2) is 0 Å². The molecule has 0 unspecified atom stereocenters. The lowest BCUT2D eigenvalue weighted by molar-refractivity contribution is 0.628. The lowest BCUT2D eigenvalue weighted by Gasteiger charge is -2.14. The molecule has 1 aromatic carbocycles. The summed E-state index contributed by atoms with van der Waals surface area (Å²) in [5, 5.41) is 12.2. The van der Waals surface area contributed by atoms with Crippen LogP contribution in [0.2, 0.25) is 0 Å². The Morgan fingerprint density at radius 3 is 2.35 bits per heavy atom. The number of nitrogens with one attached hydrogen (secondary N) is 2. The van der Waals surface area contributed by atoms with Gasteiger partial charge in [0.2, 0.25) is 5.95 Å². The van der Waals surface area contributed by atoms with Crippen LogP contribution in [0.5, 0.6) is 0 Å². The highest BCUT2D eigenvalue weighted by molar-refractivity contribution is 5.91. The summed E-state index contributed by atoms with van der Waals surface area (Å²) in [6.07, 6.45) is 11.4. The minimum Gasteiger partial charge on any atom is -0.367 e. The SMILES string of the molecule is Fc1cccc(-c2nn3c(NC4CCCC4)cccc3c2-c2ccnc(NC3CCCC3)n2)c1. The quantitative estimate of drug-likeness (QED) is 0.356. The van der Waals surface area contributed by atoms with Gasteiger partial charge < -0.3 is 10.6 Å². The number of hydrogen-bond donors (Lipinski definition) is 2. The molecule has 0 saturated heterocycles. The van der Waals surface area contributed by atoms with E-state index in [2.05, 4.69) is 27.8 Å². The molecule has 6 nitrogen and oxygen atoms in total. The van der Waals surface area contributed by atoms with Crippen LogP contribution in [0.1, 0.15) is 51.4 Å². The minimum atomic E-state index is -0.281. The fourth-order valence-corrected chi connectivity index (χ4v) is 5.37. The lowest BCUT2D eigenvalue weighted by atomic mass is 10.0. The molecule has 0 aliphatic heterocycles. The van der Waals surface area contributed by atoms with Gasteiger partial charge in [0.25, 0.3) is 0 Å². The maximum absolute atomic E-state index is 14.2. The molecule has 0 amide bonds. The normalized spacial score (nSPS) is 17.0. The van der Waals surface area contributed by atoms with Crippen LogP contribution in [-0.4, -0.2) is 31.7 Å². The summed E-state index contributed by atoms with van der Waals surface area (Å²) >= 11 is 0. The van der Waals surface area contributed by atoms with Crippen molar-refractivity contribution in [3.05, 3.63) is 60.5 Å². The van der Waals surface area contributed by atoms with Gasteiger partial charge in [0.1, 0.15) is 17.3 Å². The molecular weight excluding hydrogens is 427 g/mol. The minimum absolute atomic E-state index is 0.281. The zero-order chi connectivity index (χ0) is 22.9. The first kappa shape index (κ1) is 21.1. The second-order valence-corrected chi connectivity index (χ2v) is 9.46. The summed E-state index contributed by atoms with van der Waals surface area (Å²) in [6, 6.07) is 15.6. The Morgan fingerprint density at radius 2 is 1.59 bits per heavy atom. The first-order chi connectivity index (χ1) is 16.7.